The van der Waals surface area contributed by atoms with Crippen LogP contribution in [-0.4, -0.2) is 22.4 Å². The molecule has 2 aromatic rings. The number of benzene rings is 1. The van der Waals surface area contributed by atoms with Crippen molar-refractivity contribution in [3.8, 4) is 5.69 Å². The van der Waals surface area contributed by atoms with E-state index in [1.54, 1.807) is 33.0 Å². The molecule has 0 aliphatic heterocycles. The highest BCUT2D eigenvalue weighted by Crippen LogP contribution is 2.24. The Balaban J connectivity index is 2.47. The fraction of sp³-hybridized carbons (Fsp3) is 0.333. The molecule has 1 heterocycles. The second-order valence-electron chi connectivity index (χ2n) is 4.84. The highest BCUT2D eigenvalue weighted by atomic mass is 19.1. The summed E-state index contributed by atoms with van der Waals surface area (Å²) in [6.07, 6.45) is 2.97. The Morgan fingerprint density at radius 2 is 2.24 bits per heavy atom. The van der Waals surface area contributed by atoms with Crippen molar-refractivity contribution in [1.29, 1.82) is 0 Å². The number of carbonyl (C=O) groups excluding carboxylic acids is 1. The summed E-state index contributed by atoms with van der Waals surface area (Å²) in [4.78, 5) is 11.7. The molecule has 21 heavy (non-hydrogen) atoms. The monoisotopic (exact) mass is 291 g/mol. The van der Waals surface area contributed by atoms with E-state index in [9.17, 15) is 9.18 Å². The first kappa shape index (κ1) is 15.2. The van der Waals surface area contributed by atoms with Crippen LogP contribution in [0.3, 0.4) is 0 Å². The van der Waals surface area contributed by atoms with Gasteiger partial charge >= 0.3 is 5.97 Å². The van der Waals surface area contributed by atoms with Crippen LogP contribution in [0.2, 0.25) is 0 Å². The molecule has 0 radical (unpaired) electrons. The van der Waals surface area contributed by atoms with Gasteiger partial charge in [0.05, 0.1) is 24.1 Å². The maximum absolute atomic E-state index is 13.7. The molecule has 0 saturated heterocycles. The average Bonchev–Trinajstić information content (AvgIpc) is 2.91. The summed E-state index contributed by atoms with van der Waals surface area (Å²) in [5, 5.41) is 4.14. The first-order chi connectivity index (χ1) is 9.93. The Bertz CT molecular complexity index is 665. The third kappa shape index (κ3) is 3.11. The summed E-state index contributed by atoms with van der Waals surface area (Å²) < 4.78 is 20.1. The SMILES string of the molecule is CCOC(=O)c1cnn(-c2cc(C)c(F)cc2C(C)N)c1. The summed E-state index contributed by atoms with van der Waals surface area (Å²) in [7, 11) is 0. The lowest BCUT2D eigenvalue weighted by Crippen LogP contribution is -2.11. The first-order valence-corrected chi connectivity index (χ1v) is 6.71. The lowest BCUT2D eigenvalue weighted by molar-refractivity contribution is 0.0526. The van der Waals surface area contributed by atoms with Crippen LogP contribution in [0.1, 0.15) is 41.4 Å². The van der Waals surface area contributed by atoms with Crippen LogP contribution >= 0.6 is 0 Å². The molecule has 0 spiro atoms. The second-order valence-corrected chi connectivity index (χ2v) is 4.84. The molecule has 1 unspecified atom stereocenters. The van der Waals surface area contributed by atoms with Crippen molar-refractivity contribution in [2.24, 2.45) is 5.73 Å². The van der Waals surface area contributed by atoms with Gasteiger partial charge in [-0.15, -0.1) is 0 Å². The topological polar surface area (TPSA) is 70.1 Å². The van der Waals surface area contributed by atoms with Gasteiger partial charge in [0.2, 0.25) is 0 Å². The van der Waals surface area contributed by atoms with E-state index in [0.717, 1.165) is 0 Å². The van der Waals surface area contributed by atoms with Crippen molar-refractivity contribution in [2.75, 3.05) is 6.61 Å². The van der Waals surface area contributed by atoms with Gasteiger partial charge < -0.3 is 10.5 Å². The number of nitrogens with two attached hydrogens (primary N) is 1. The lowest BCUT2D eigenvalue weighted by Gasteiger charge is -2.14. The van der Waals surface area contributed by atoms with Gasteiger partial charge in [-0.25, -0.2) is 13.9 Å². The Labute approximate surface area is 122 Å². The highest BCUT2D eigenvalue weighted by Gasteiger charge is 2.15. The number of esters is 1. The summed E-state index contributed by atoms with van der Waals surface area (Å²) >= 11 is 0. The van der Waals surface area contributed by atoms with Crippen molar-refractivity contribution in [2.45, 2.75) is 26.8 Å². The zero-order valence-electron chi connectivity index (χ0n) is 12.3. The molecule has 5 nitrogen and oxygen atoms in total. The molecule has 1 aromatic heterocycles. The number of aryl methyl sites for hydroxylation is 1. The lowest BCUT2D eigenvalue weighted by atomic mass is 10.0. The quantitative estimate of drug-likeness (QED) is 0.879. The second kappa shape index (κ2) is 6.05. The third-order valence-corrected chi connectivity index (χ3v) is 3.14. The van der Waals surface area contributed by atoms with Gasteiger partial charge in [-0.1, -0.05) is 0 Å². The summed E-state index contributed by atoms with van der Waals surface area (Å²) in [6, 6.07) is 2.71. The van der Waals surface area contributed by atoms with Gasteiger partial charge in [0.25, 0.3) is 0 Å². The fourth-order valence-electron chi connectivity index (χ4n) is 2.02. The van der Waals surface area contributed by atoms with Crippen molar-refractivity contribution >= 4 is 5.97 Å². The Morgan fingerprint density at radius 3 is 2.86 bits per heavy atom. The van der Waals surface area contributed by atoms with Gasteiger partial charge in [0.15, 0.2) is 0 Å². The molecule has 0 fully saturated rings. The van der Waals surface area contributed by atoms with Crippen LogP contribution < -0.4 is 5.73 Å². The molecule has 2 rings (SSSR count). The van der Waals surface area contributed by atoms with Crippen molar-refractivity contribution in [3.63, 3.8) is 0 Å². The van der Waals surface area contributed by atoms with Gasteiger partial charge in [-0.05, 0) is 44.0 Å². The maximum atomic E-state index is 13.7. The Hall–Kier alpha value is -2.21. The van der Waals surface area contributed by atoms with Crippen molar-refractivity contribution in [1.82, 2.24) is 9.78 Å². The number of hydrogen-bond donors (Lipinski definition) is 1. The molecule has 1 aromatic carbocycles. The van der Waals surface area contributed by atoms with Crippen LogP contribution in [0.25, 0.3) is 5.69 Å². The number of nitrogens with zero attached hydrogens (tertiary/aromatic N) is 2. The van der Waals surface area contributed by atoms with Crippen LogP contribution in [-0.2, 0) is 4.74 Å². The number of aromatic nitrogens is 2. The minimum absolute atomic E-state index is 0.296. The van der Waals surface area contributed by atoms with Crippen molar-refractivity contribution in [3.05, 3.63) is 47.0 Å². The molecule has 112 valence electrons. The number of halogens is 1. The largest absolute Gasteiger partial charge is 0.462 e. The standard InChI is InChI=1S/C15H18FN3O2/c1-4-21-15(20)11-7-18-19(8-11)14-5-9(2)13(16)6-12(14)10(3)17/h5-8,10H,4,17H2,1-3H3. The minimum atomic E-state index is -0.440. The molecule has 6 heteroatoms. The zero-order valence-corrected chi connectivity index (χ0v) is 12.3. The van der Waals surface area contributed by atoms with Gasteiger partial charge in [0.1, 0.15) is 5.82 Å². The van der Waals surface area contributed by atoms with E-state index < -0.39 is 5.97 Å². The van der Waals surface area contributed by atoms with E-state index in [2.05, 4.69) is 5.10 Å². The Morgan fingerprint density at radius 1 is 1.52 bits per heavy atom. The molecule has 0 bridgehead atoms. The van der Waals surface area contributed by atoms with E-state index >= 15 is 0 Å². The predicted molar refractivity (Wildman–Crippen MR) is 76.8 cm³/mol. The van der Waals surface area contributed by atoms with E-state index in [4.69, 9.17) is 10.5 Å². The number of ether oxygens (including phenoxy) is 1. The normalized spacial score (nSPS) is 12.2. The number of rotatable bonds is 4. The van der Waals surface area contributed by atoms with Crippen LogP contribution in [0, 0.1) is 12.7 Å². The zero-order chi connectivity index (χ0) is 15.6. The number of carbonyl (C=O) groups is 1. The van der Waals surface area contributed by atoms with E-state index in [1.807, 2.05) is 0 Å². The van der Waals surface area contributed by atoms with Gasteiger partial charge in [-0.2, -0.15) is 5.10 Å². The van der Waals surface area contributed by atoms with Gasteiger partial charge in [-0.3, -0.25) is 0 Å². The summed E-state index contributed by atoms with van der Waals surface area (Å²) in [6.45, 7) is 5.47. The average molecular weight is 291 g/mol. The Kier molecular flexibility index (Phi) is 4.37. The van der Waals surface area contributed by atoms with E-state index in [-0.39, 0.29) is 11.9 Å². The molecule has 0 aliphatic rings. The molecule has 1 atom stereocenters. The van der Waals surface area contributed by atoms with E-state index in [1.165, 1.54) is 16.9 Å². The third-order valence-electron chi connectivity index (χ3n) is 3.14. The van der Waals surface area contributed by atoms with Crippen LogP contribution in [0.5, 0.6) is 0 Å². The molecular weight excluding hydrogens is 273 g/mol. The minimum Gasteiger partial charge on any atom is -0.462 e. The molecule has 2 N–H and O–H groups in total. The predicted octanol–water partition coefficient (Wildman–Crippen LogP) is 2.52. The van der Waals surface area contributed by atoms with E-state index in [0.29, 0.717) is 29.0 Å². The smallest absolute Gasteiger partial charge is 0.341 e. The van der Waals surface area contributed by atoms with Crippen molar-refractivity contribution < 1.29 is 13.9 Å². The molecular formula is C15H18FN3O2. The number of hydrogen-bond acceptors (Lipinski definition) is 4. The van der Waals surface area contributed by atoms with Crippen LogP contribution in [0.15, 0.2) is 24.5 Å². The summed E-state index contributed by atoms with van der Waals surface area (Å²) in [5.41, 5.74) is 7.99. The molecule has 0 amide bonds. The van der Waals surface area contributed by atoms with Gasteiger partial charge in [0, 0.05) is 12.2 Å². The molecule has 0 aliphatic carbocycles. The first-order valence-electron chi connectivity index (χ1n) is 6.71. The van der Waals surface area contributed by atoms with Crippen LogP contribution in [0.4, 0.5) is 4.39 Å². The molecule has 0 saturated carbocycles. The fourth-order valence-corrected chi connectivity index (χ4v) is 2.02. The highest BCUT2D eigenvalue weighted by molar-refractivity contribution is 5.88. The maximum Gasteiger partial charge on any atom is 0.341 e. The summed E-state index contributed by atoms with van der Waals surface area (Å²) in [5.74, 6) is -0.756.